The third-order valence-corrected chi connectivity index (χ3v) is 5.53. The Labute approximate surface area is 154 Å². The lowest BCUT2D eigenvalue weighted by atomic mass is 10.0. The number of hydrogen-bond acceptors (Lipinski definition) is 3. The fourth-order valence-corrected chi connectivity index (χ4v) is 3.56. The molecule has 1 aliphatic heterocycles. The molecule has 2 aromatic rings. The van der Waals surface area contributed by atoms with Gasteiger partial charge in [-0.1, -0.05) is 29.3 Å². The molecule has 2 heterocycles. The summed E-state index contributed by atoms with van der Waals surface area (Å²) >= 11 is 12.1. The second-order valence-corrected chi connectivity index (χ2v) is 7.47. The molecular formula is C19H23Cl2N3. The molecule has 0 aliphatic carbocycles. The van der Waals surface area contributed by atoms with Crippen LogP contribution in [0.25, 0.3) is 11.1 Å². The summed E-state index contributed by atoms with van der Waals surface area (Å²) < 4.78 is 0. The number of aromatic nitrogens is 1. The van der Waals surface area contributed by atoms with E-state index in [4.69, 9.17) is 23.2 Å². The Morgan fingerprint density at radius 2 is 1.83 bits per heavy atom. The summed E-state index contributed by atoms with van der Waals surface area (Å²) in [6, 6.07) is 8.55. The largest absolute Gasteiger partial charge is 0.306 e. The van der Waals surface area contributed by atoms with Crippen LogP contribution >= 0.6 is 23.2 Å². The van der Waals surface area contributed by atoms with Crippen molar-refractivity contribution >= 4 is 23.2 Å². The van der Waals surface area contributed by atoms with Gasteiger partial charge in [-0.2, -0.15) is 0 Å². The van der Waals surface area contributed by atoms with Crippen molar-refractivity contribution in [3.63, 3.8) is 0 Å². The van der Waals surface area contributed by atoms with Gasteiger partial charge in [0, 0.05) is 30.5 Å². The van der Waals surface area contributed by atoms with Crippen LogP contribution in [0.2, 0.25) is 10.0 Å². The maximum absolute atomic E-state index is 6.14. The fourth-order valence-electron chi connectivity index (χ4n) is 3.26. The van der Waals surface area contributed by atoms with Crippen molar-refractivity contribution in [2.24, 2.45) is 0 Å². The van der Waals surface area contributed by atoms with Crippen LogP contribution < -0.4 is 0 Å². The van der Waals surface area contributed by atoms with Gasteiger partial charge in [-0.05, 0) is 69.4 Å². The highest BCUT2D eigenvalue weighted by Crippen LogP contribution is 2.28. The molecule has 0 saturated carbocycles. The van der Waals surface area contributed by atoms with Crippen LogP contribution in [0.3, 0.4) is 0 Å². The summed E-state index contributed by atoms with van der Waals surface area (Å²) in [6.45, 7) is 3.27. The molecule has 24 heavy (non-hydrogen) atoms. The van der Waals surface area contributed by atoms with Gasteiger partial charge in [-0.25, -0.2) is 0 Å². The van der Waals surface area contributed by atoms with E-state index in [1.54, 1.807) is 0 Å². The molecule has 1 aromatic carbocycles. The van der Waals surface area contributed by atoms with Crippen LogP contribution in [0.1, 0.15) is 18.4 Å². The fraction of sp³-hybridized carbons (Fsp3) is 0.421. The van der Waals surface area contributed by atoms with Gasteiger partial charge in [0.05, 0.1) is 10.0 Å². The molecular weight excluding hydrogens is 341 g/mol. The standard InChI is InChI=1S/C19H23Cl2N3/c1-23-7-5-17(6-8-23)24(2)13-14-9-16(12-22-11-14)15-3-4-18(20)19(21)10-15/h3-4,9-12,17H,5-8,13H2,1-2H3. The van der Waals surface area contributed by atoms with Crippen molar-refractivity contribution in [2.75, 3.05) is 27.2 Å². The first-order valence-electron chi connectivity index (χ1n) is 8.31. The second-order valence-electron chi connectivity index (χ2n) is 6.66. The molecule has 1 aliphatic rings. The minimum absolute atomic E-state index is 0.572. The van der Waals surface area contributed by atoms with Gasteiger partial charge >= 0.3 is 0 Å². The third-order valence-electron chi connectivity index (χ3n) is 4.79. The summed E-state index contributed by atoms with van der Waals surface area (Å²) in [5.74, 6) is 0. The van der Waals surface area contributed by atoms with Gasteiger partial charge in [0.1, 0.15) is 0 Å². The minimum Gasteiger partial charge on any atom is -0.306 e. The summed E-state index contributed by atoms with van der Waals surface area (Å²) in [4.78, 5) is 9.26. The molecule has 3 nitrogen and oxygen atoms in total. The number of likely N-dealkylation sites (tertiary alicyclic amines) is 1. The lowest BCUT2D eigenvalue weighted by molar-refractivity contribution is 0.139. The zero-order chi connectivity index (χ0) is 17.1. The molecule has 0 amide bonds. The first-order valence-corrected chi connectivity index (χ1v) is 9.06. The number of rotatable bonds is 4. The highest BCUT2D eigenvalue weighted by atomic mass is 35.5. The van der Waals surface area contributed by atoms with E-state index < -0.39 is 0 Å². The number of benzene rings is 1. The van der Waals surface area contributed by atoms with E-state index in [1.807, 2.05) is 30.6 Å². The second kappa shape index (κ2) is 7.83. The molecule has 0 spiro atoms. The van der Waals surface area contributed by atoms with E-state index in [0.717, 1.165) is 17.7 Å². The average Bonchev–Trinajstić information content (AvgIpc) is 2.58. The van der Waals surface area contributed by atoms with Gasteiger partial charge < -0.3 is 4.90 Å². The maximum atomic E-state index is 6.14. The maximum Gasteiger partial charge on any atom is 0.0598 e. The first kappa shape index (κ1) is 17.7. The Bertz CT molecular complexity index is 697. The topological polar surface area (TPSA) is 19.4 Å². The minimum atomic E-state index is 0.572. The van der Waals surface area contributed by atoms with Crippen LogP contribution in [0.5, 0.6) is 0 Å². The van der Waals surface area contributed by atoms with E-state index in [1.165, 1.54) is 31.5 Å². The number of pyridine rings is 1. The summed E-state index contributed by atoms with van der Waals surface area (Å²) in [5, 5.41) is 1.15. The Kier molecular flexibility index (Phi) is 5.77. The predicted octanol–water partition coefficient (Wildman–Crippen LogP) is 4.58. The highest BCUT2D eigenvalue weighted by Gasteiger charge is 2.20. The third kappa shape index (κ3) is 4.28. The molecule has 0 radical (unpaired) electrons. The van der Waals surface area contributed by atoms with Crippen molar-refractivity contribution in [1.29, 1.82) is 0 Å². The van der Waals surface area contributed by atoms with Gasteiger partial charge in [-0.3, -0.25) is 9.88 Å². The first-order chi connectivity index (χ1) is 11.5. The van der Waals surface area contributed by atoms with Gasteiger partial charge in [0.25, 0.3) is 0 Å². The SMILES string of the molecule is CN1CCC(N(C)Cc2cncc(-c3ccc(Cl)c(Cl)c3)c2)CC1. The Hall–Kier alpha value is -1.13. The van der Waals surface area contributed by atoms with Crippen LogP contribution in [0.15, 0.2) is 36.7 Å². The normalized spacial score (nSPS) is 16.7. The summed E-state index contributed by atoms with van der Waals surface area (Å²) in [6.07, 6.45) is 6.28. The smallest absolute Gasteiger partial charge is 0.0598 e. The van der Waals surface area contributed by atoms with Crippen LogP contribution in [-0.2, 0) is 6.54 Å². The molecule has 3 rings (SSSR count). The van der Waals surface area contributed by atoms with E-state index >= 15 is 0 Å². The monoisotopic (exact) mass is 363 g/mol. The zero-order valence-corrected chi connectivity index (χ0v) is 15.7. The van der Waals surface area contributed by atoms with Crippen LogP contribution in [0, 0.1) is 0 Å². The van der Waals surface area contributed by atoms with Crippen molar-refractivity contribution in [3.8, 4) is 11.1 Å². The molecule has 0 unspecified atom stereocenters. The van der Waals surface area contributed by atoms with Gasteiger partial charge in [-0.15, -0.1) is 0 Å². The summed E-state index contributed by atoms with van der Waals surface area (Å²) in [5.41, 5.74) is 3.34. The molecule has 5 heteroatoms. The quantitative estimate of drug-likeness (QED) is 0.792. The number of hydrogen-bond donors (Lipinski definition) is 0. The molecule has 1 aromatic heterocycles. The van der Waals surface area contributed by atoms with Crippen LogP contribution in [0.4, 0.5) is 0 Å². The van der Waals surface area contributed by atoms with Crippen LogP contribution in [-0.4, -0.2) is 48.0 Å². The van der Waals surface area contributed by atoms with E-state index in [-0.39, 0.29) is 0 Å². The lowest BCUT2D eigenvalue weighted by Crippen LogP contribution is -2.41. The average molecular weight is 364 g/mol. The van der Waals surface area contributed by atoms with Crippen molar-refractivity contribution in [2.45, 2.75) is 25.4 Å². The van der Waals surface area contributed by atoms with Crippen molar-refractivity contribution in [3.05, 3.63) is 52.3 Å². The lowest BCUT2D eigenvalue weighted by Gasteiger charge is -2.35. The van der Waals surface area contributed by atoms with Crippen molar-refractivity contribution in [1.82, 2.24) is 14.8 Å². The van der Waals surface area contributed by atoms with Gasteiger partial charge in [0.2, 0.25) is 0 Å². The molecule has 1 saturated heterocycles. The highest BCUT2D eigenvalue weighted by molar-refractivity contribution is 6.42. The van der Waals surface area contributed by atoms with E-state index in [0.29, 0.717) is 16.1 Å². The van der Waals surface area contributed by atoms with E-state index in [2.05, 4.69) is 34.9 Å². The molecule has 0 bridgehead atoms. The number of piperidine rings is 1. The Morgan fingerprint density at radius 1 is 1.08 bits per heavy atom. The Morgan fingerprint density at radius 3 is 2.54 bits per heavy atom. The summed E-state index contributed by atoms with van der Waals surface area (Å²) in [7, 11) is 4.41. The number of halogens is 2. The molecule has 0 atom stereocenters. The molecule has 0 N–H and O–H groups in total. The van der Waals surface area contributed by atoms with Crippen molar-refractivity contribution < 1.29 is 0 Å². The molecule has 1 fully saturated rings. The number of nitrogens with zero attached hydrogens (tertiary/aromatic N) is 3. The van der Waals surface area contributed by atoms with E-state index in [9.17, 15) is 0 Å². The Balaban J connectivity index is 1.72. The zero-order valence-electron chi connectivity index (χ0n) is 14.2. The predicted molar refractivity (Wildman–Crippen MR) is 102 cm³/mol. The molecule has 128 valence electrons. The van der Waals surface area contributed by atoms with Gasteiger partial charge in [0.15, 0.2) is 0 Å².